The van der Waals surface area contributed by atoms with E-state index in [1.54, 1.807) is 0 Å². The van der Waals surface area contributed by atoms with Gasteiger partial charge in [-0.2, -0.15) is 4.39 Å². The maximum atomic E-state index is 12.9. The number of amides is 1. The molecule has 1 aromatic heterocycles. The van der Waals surface area contributed by atoms with Crippen molar-refractivity contribution in [3.63, 3.8) is 0 Å². The normalized spacial score (nSPS) is 10.2. The Morgan fingerprint density at radius 3 is 2.89 bits per heavy atom. The van der Waals surface area contributed by atoms with Crippen LogP contribution in [0.15, 0.2) is 36.5 Å². The van der Waals surface area contributed by atoms with Crippen LogP contribution < -0.4 is 5.32 Å². The Hall–Kier alpha value is -1.50. The summed E-state index contributed by atoms with van der Waals surface area (Å²) >= 11 is 2.20. The largest absolute Gasteiger partial charge is 0.322 e. The van der Waals surface area contributed by atoms with Gasteiger partial charge in [-0.05, 0) is 53.3 Å². The summed E-state index contributed by atoms with van der Waals surface area (Å²) in [5.41, 5.74) is 1.96. The molecular weight excluding hydrogens is 346 g/mol. The van der Waals surface area contributed by atoms with Gasteiger partial charge < -0.3 is 5.32 Å². The summed E-state index contributed by atoms with van der Waals surface area (Å²) in [6.45, 7) is 1.92. The number of pyridine rings is 1. The van der Waals surface area contributed by atoms with Crippen LogP contribution in [0.25, 0.3) is 0 Å². The van der Waals surface area contributed by atoms with Gasteiger partial charge in [0.1, 0.15) is 0 Å². The molecule has 1 amide bonds. The SMILES string of the molecule is Cc1c(I)cccc1NC(=O)c1ccnc(F)c1. The smallest absolute Gasteiger partial charge is 0.255 e. The minimum Gasteiger partial charge on any atom is -0.322 e. The molecule has 5 heteroatoms. The monoisotopic (exact) mass is 356 g/mol. The number of carbonyl (C=O) groups is 1. The first-order valence-corrected chi connectivity index (χ1v) is 6.34. The molecule has 1 heterocycles. The lowest BCUT2D eigenvalue weighted by Gasteiger charge is -2.09. The molecule has 0 radical (unpaired) electrons. The van der Waals surface area contributed by atoms with E-state index >= 15 is 0 Å². The Kier molecular flexibility index (Phi) is 3.90. The van der Waals surface area contributed by atoms with Crippen LogP contribution in [0, 0.1) is 16.4 Å². The van der Waals surface area contributed by atoms with Gasteiger partial charge in [0.25, 0.3) is 5.91 Å². The van der Waals surface area contributed by atoms with Gasteiger partial charge in [-0.15, -0.1) is 0 Å². The average Bonchev–Trinajstić information content (AvgIpc) is 2.35. The third-order valence-electron chi connectivity index (χ3n) is 2.50. The summed E-state index contributed by atoms with van der Waals surface area (Å²) in [6, 6.07) is 8.21. The van der Waals surface area contributed by atoms with Crippen molar-refractivity contribution in [1.29, 1.82) is 0 Å². The number of benzene rings is 1. The molecule has 2 rings (SSSR count). The molecule has 1 aromatic carbocycles. The van der Waals surface area contributed by atoms with E-state index in [0.717, 1.165) is 20.9 Å². The molecule has 0 aliphatic carbocycles. The number of hydrogen-bond acceptors (Lipinski definition) is 2. The quantitative estimate of drug-likeness (QED) is 0.662. The lowest BCUT2D eigenvalue weighted by Crippen LogP contribution is -2.13. The molecule has 92 valence electrons. The summed E-state index contributed by atoms with van der Waals surface area (Å²) in [5.74, 6) is -1.01. The highest BCUT2D eigenvalue weighted by Crippen LogP contribution is 2.20. The van der Waals surface area contributed by atoms with Crippen molar-refractivity contribution >= 4 is 34.2 Å². The molecular formula is C13H10FIN2O. The van der Waals surface area contributed by atoms with Gasteiger partial charge in [-0.3, -0.25) is 4.79 Å². The number of nitrogens with one attached hydrogen (secondary N) is 1. The van der Waals surface area contributed by atoms with Crippen molar-refractivity contribution in [3.8, 4) is 0 Å². The number of halogens is 2. The van der Waals surface area contributed by atoms with Crippen LogP contribution in [0.2, 0.25) is 0 Å². The average molecular weight is 356 g/mol. The van der Waals surface area contributed by atoms with Crippen LogP contribution in [0.1, 0.15) is 15.9 Å². The highest BCUT2D eigenvalue weighted by atomic mass is 127. The first kappa shape index (κ1) is 12.9. The zero-order valence-corrected chi connectivity index (χ0v) is 11.7. The minimum atomic E-state index is -0.665. The molecule has 18 heavy (non-hydrogen) atoms. The van der Waals surface area contributed by atoms with Crippen molar-refractivity contribution in [2.45, 2.75) is 6.92 Å². The highest BCUT2D eigenvalue weighted by Gasteiger charge is 2.09. The number of rotatable bonds is 2. The predicted molar refractivity (Wildman–Crippen MR) is 76.0 cm³/mol. The van der Waals surface area contributed by atoms with Crippen LogP contribution in [-0.2, 0) is 0 Å². The van der Waals surface area contributed by atoms with Crippen molar-refractivity contribution in [2.75, 3.05) is 5.32 Å². The Morgan fingerprint density at radius 1 is 1.39 bits per heavy atom. The van der Waals surface area contributed by atoms with Crippen LogP contribution in [0.4, 0.5) is 10.1 Å². The molecule has 0 fully saturated rings. The highest BCUT2D eigenvalue weighted by molar-refractivity contribution is 14.1. The molecule has 0 bridgehead atoms. The van der Waals surface area contributed by atoms with Gasteiger partial charge >= 0.3 is 0 Å². The molecule has 0 atom stereocenters. The number of aromatic nitrogens is 1. The lowest BCUT2D eigenvalue weighted by molar-refractivity contribution is 0.102. The topological polar surface area (TPSA) is 42.0 Å². The maximum Gasteiger partial charge on any atom is 0.255 e. The minimum absolute atomic E-state index is 0.251. The molecule has 0 unspecified atom stereocenters. The molecule has 0 saturated carbocycles. The van der Waals surface area contributed by atoms with Crippen LogP contribution >= 0.6 is 22.6 Å². The van der Waals surface area contributed by atoms with E-state index < -0.39 is 5.95 Å². The fourth-order valence-corrected chi connectivity index (χ4v) is 1.98. The van der Waals surface area contributed by atoms with E-state index in [1.807, 2.05) is 25.1 Å². The van der Waals surface area contributed by atoms with E-state index in [-0.39, 0.29) is 11.5 Å². The molecule has 0 aliphatic heterocycles. The zero-order valence-electron chi connectivity index (χ0n) is 9.58. The summed E-state index contributed by atoms with van der Waals surface area (Å²) in [4.78, 5) is 15.3. The number of hydrogen-bond donors (Lipinski definition) is 1. The molecule has 0 saturated heterocycles. The molecule has 1 N–H and O–H groups in total. The Labute approximate surface area is 118 Å². The maximum absolute atomic E-state index is 12.9. The van der Waals surface area contributed by atoms with Crippen LogP contribution in [-0.4, -0.2) is 10.9 Å². The van der Waals surface area contributed by atoms with Crippen molar-refractivity contribution in [1.82, 2.24) is 4.98 Å². The van der Waals surface area contributed by atoms with Gasteiger partial charge in [0.15, 0.2) is 0 Å². The second-order valence-electron chi connectivity index (χ2n) is 3.73. The van der Waals surface area contributed by atoms with Crippen molar-refractivity contribution in [3.05, 3.63) is 57.2 Å². The second-order valence-corrected chi connectivity index (χ2v) is 4.90. The first-order valence-electron chi connectivity index (χ1n) is 5.26. The Balaban J connectivity index is 2.24. The summed E-state index contributed by atoms with van der Waals surface area (Å²) < 4.78 is 14.0. The lowest BCUT2D eigenvalue weighted by atomic mass is 10.2. The molecule has 0 spiro atoms. The number of nitrogens with zero attached hydrogens (tertiary/aromatic N) is 1. The summed E-state index contributed by atoms with van der Waals surface area (Å²) in [6.07, 6.45) is 1.27. The molecule has 2 aromatic rings. The zero-order chi connectivity index (χ0) is 13.1. The van der Waals surface area contributed by atoms with E-state index in [4.69, 9.17) is 0 Å². The predicted octanol–water partition coefficient (Wildman–Crippen LogP) is 3.39. The third kappa shape index (κ3) is 2.84. The van der Waals surface area contributed by atoms with Gasteiger partial charge in [0.2, 0.25) is 5.95 Å². The molecule has 0 aliphatic rings. The van der Waals surface area contributed by atoms with Gasteiger partial charge in [-0.1, -0.05) is 6.07 Å². The Morgan fingerprint density at radius 2 is 2.17 bits per heavy atom. The van der Waals surface area contributed by atoms with Crippen LogP contribution in [0.5, 0.6) is 0 Å². The van der Waals surface area contributed by atoms with E-state index in [9.17, 15) is 9.18 Å². The standard InChI is InChI=1S/C13H10FIN2O/c1-8-10(15)3-2-4-11(8)17-13(18)9-5-6-16-12(14)7-9/h2-7H,1H3,(H,17,18). The van der Waals surface area contributed by atoms with Crippen molar-refractivity contribution < 1.29 is 9.18 Å². The van der Waals surface area contributed by atoms with E-state index in [0.29, 0.717) is 0 Å². The van der Waals surface area contributed by atoms with E-state index in [2.05, 4.69) is 32.9 Å². The summed E-state index contributed by atoms with van der Waals surface area (Å²) in [7, 11) is 0. The molecule has 3 nitrogen and oxygen atoms in total. The fraction of sp³-hybridized carbons (Fsp3) is 0.0769. The van der Waals surface area contributed by atoms with Crippen molar-refractivity contribution in [2.24, 2.45) is 0 Å². The van der Waals surface area contributed by atoms with Gasteiger partial charge in [-0.25, -0.2) is 4.98 Å². The van der Waals surface area contributed by atoms with Gasteiger partial charge in [0.05, 0.1) is 0 Å². The Bertz CT molecular complexity index is 601. The summed E-state index contributed by atoms with van der Waals surface area (Å²) in [5, 5.41) is 2.76. The van der Waals surface area contributed by atoms with Crippen LogP contribution in [0.3, 0.4) is 0 Å². The van der Waals surface area contributed by atoms with Gasteiger partial charge in [0, 0.05) is 27.1 Å². The number of anilines is 1. The fourth-order valence-electron chi connectivity index (χ4n) is 1.48. The number of carbonyl (C=O) groups excluding carboxylic acids is 1. The van der Waals surface area contributed by atoms with E-state index in [1.165, 1.54) is 12.3 Å². The first-order chi connectivity index (χ1) is 8.58. The third-order valence-corrected chi connectivity index (χ3v) is 3.67. The second kappa shape index (κ2) is 5.43.